The Bertz CT molecular complexity index is 491. The standard InChI is InChI=1S/C14H14Cl4O/c15-9-7-10(16)12(17)13(18)11(9)14(19)8-5-3-1-2-4-6-8/h7-8H,1-6H2. The fourth-order valence-corrected chi connectivity index (χ4v) is 3.64. The molecule has 0 unspecified atom stereocenters. The number of halogens is 4. The average Bonchev–Trinajstić information content (AvgIpc) is 2.64. The predicted molar refractivity (Wildman–Crippen MR) is 82.0 cm³/mol. The highest BCUT2D eigenvalue weighted by Gasteiger charge is 2.27. The normalized spacial score (nSPS) is 17.3. The molecular formula is C14H14Cl4O. The highest BCUT2D eigenvalue weighted by atomic mass is 35.5. The maximum Gasteiger partial charge on any atom is 0.168 e. The monoisotopic (exact) mass is 338 g/mol. The smallest absolute Gasteiger partial charge is 0.168 e. The Morgan fingerprint density at radius 2 is 1.47 bits per heavy atom. The lowest BCUT2D eigenvalue weighted by Gasteiger charge is -2.16. The molecule has 1 aliphatic carbocycles. The fraction of sp³-hybridized carbons (Fsp3) is 0.500. The number of ketones is 1. The second-order valence-corrected chi connectivity index (χ2v) is 6.47. The second-order valence-electron chi connectivity index (χ2n) is 4.90. The molecule has 0 saturated heterocycles. The minimum absolute atomic E-state index is 0.00420. The molecule has 1 fully saturated rings. The average molecular weight is 340 g/mol. The molecule has 1 aromatic carbocycles. The SMILES string of the molecule is O=C(c1c(Cl)cc(Cl)c(Cl)c1Cl)C1CCCCCC1. The summed E-state index contributed by atoms with van der Waals surface area (Å²) < 4.78 is 0. The zero-order chi connectivity index (χ0) is 14.0. The number of carbonyl (C=O) groups excluding carboxylic acids is 1. The second kappa shape index (κ2) is 6.67. The number of benzene rings is 1. The molecule has 0 N–H and O–H groups in total. The van der Waals surface area contributed by atoms with E-state index >= 15 is 0 Å². The summed E-state index contributed by atoms with van der Waals surface area (Å²) in [6.07, 6.45) is 6.32. The maximum absolute atomic E-state index is 12.6. The van der Waals surface area contributed by atoms with E-state index in [4.69, 9.17) is 46.4 Å². The predicted octanol–water partition coefficient (Wildman–Crippen LogP) is 6.45. The van der Waals surface area contributed by atoms with Gasteiger partial charge in [0.05, 0.1) is 25.7 Å². The molecule has 0 aliphatic heterocycles. The first-order valence-corrected chi connectivity index (χ1v) is 7.90. The lowest BCUT2D eigenvalue weighted by atomic mass is 9.91. The van der Waals surface area contributed by atoms with E-state index in [0.29, 0.717) is 5.56 Å². The van der Waals surface area contributed by atoms with Crippen LogP contribution in [-0.4, -0.2) is 5.78 Å². The topological polar surface area (TPSA) is 17.1 Å². The largest absolute Gasteiger partial charge is 0.294 e. The quantitative estimate of drug-likeness (QED) is 0.262. The molecule has 0 radical (unpaired) electrons. The van der Waals surface area contributed by atoms with E-state index < -0.39 is 0 Å². The molecule has 104 valence electrons. The molecule has 1 nitrogen and oxygen atoms in total. The van der Waals surface area contributed by atoms with Crippen molar-refractivity contribution in [3.8, 4) is 0 Å². The summed E-state index contributed by atoms with van der Waals surface area (Å²) in [7, 11) is 0. The highest BCUT2D eigenvalue weighted by molar-refractivity contribution is 6.51. The molecule has 5 heteroatoms. The molecule has 0 spiro atoms. The van der Waals surface area contributed by atoms with Crippen LogP contribution < -0.4 is 0 Å². The Morgan fingerprint density at radius 1 is 0.895 bits per heavy atom. The highest BCUT2D eigenvalue weighted by Crippen LogP contribution is 2.39. The van der Waals surface area contributed by atoms with Gasteiger partial charge in [-0.05, 0) is 18.9 Å². The number of Topliss-reactive ketones (excluding diaryl/α,β-unsaturated/α-hetero) is 1. The molecule has 2 rings (SSSR count). The van der Waals surface area contributed by atoms with Gasteiger partial charge in [0, 0.05) is 5.92 Å². The first-order valence-electron chi connectivity index (χ1n) is 6.39. The molecule has 0 amide bonds. The zero-order valence-corrected chi connectivity index (χ0v) is 13.3. The van der Waals surface area contributed by atoms with Crippen LogP contribution in [0.4, 0.5) is 0 Å². The fourth-order valence-electron chi connectivity index (χ4n) is 2.54. The molecule has 0 atom stereocenters. The molecule has 1 aliphatic rings. The van der Waals surface area contributed by atoms with Gasteiger partial charge in [0.2, 0.25) is 0 Å². The maximum atomic E-state index is 12.6. The molecular weight excluding hydrogens is 326 g/mol. The molecule has 19 heavy (non-hydrogen) atoms. The van der Waals surface area contributed by atoms with E-state index in [2.05, 4.69) is 0 Å². The van der Waals surface area contributed by atoms with Crippen LogP contribution in [0.2, 0.25) is 20.1 Å². The van der Waals surface area contributed by atoms with Crippen LogP contribution in [0, 0.1) is 5.92 Å². The van der Waals surface area contributed by atoms with Crippen LogP contribution in [0.25, 0.3) is 0 Å². The van der Waals surface area contributed by atoms with Crippen LogP contribution in [-0.2, 0) is 0 Å². The lowest BCUT2D eigenvalue weighted by Crippen LogP contribution is -2.15. The summed E-state index contributed by atoms with van der Waals surface area (Å²) in [5.41, 5.74) is 0.324. The van der Waals surface area contributed by atoms with Crippen molar-refractivity contribution >= 4 is 52.2 Å². The summed E-state index contributed by atoms with van der Waals surface area (Å²) in [6, 6.07) is 1.49. The van der Waals surface area contributed by atoms with E-state index in [-0.39, 0.29) is 31.8 Å². The van der Waals surface area contributed by atoms with E-state index in [1.165, 1.54) is 18.9 Å². The van der Waals surface area contributed by atoms with Gasteiger partial charge >= 0.3 is 0 Å². The Balaban J connectivity index is 2.35. The van der Waals surface area contributed by atoms with E-state index in [0.717, 1.165) is 25.7 Å². The first-order chi connectivity index (χ1) is 9.02. The minimum atomic E-state index is -0.00487. The van der Waals surface area contributed by atoms with Gasteiger partial charge in [-0.15, -0.1) is 0 Å². The lowest BCUT2D eigenvalue weighted by molar-refractivity contribution is 0.0908. The van der Waals surface area contributed by atoms with Crippen molar-refractivity contribution < 1.29 is 4.79 Å². The van der Waals surface area contributed by atoms with Gasteiger partial charge in [-0.3, -0.25) is 4.79 Å². The van der Waals surface area contributed by atoms with E-state index in [1.807, 2.05) is 0 Å². The van der Waals surface area contributed by atoms with Crippen molar-refractivity contribution in [2.75, 3.05) is 0 Å². The van der Waals surface area contributed by atoms with E-state index in [9.17, 15) is 4.79 Å². The zero-order valence-electron chi connectivity index (χ0n) is 10.3. The molecule has 0 aromatic heterocycles. The van der Waals surface area contributed by atoms with Crippen LogP contribution in [0.1, 0.15) is 48.9 Å². The third-order valence-electron chi connectivity index (χ3n) is 3.59. The van der Waals surface area contributed by atoms with E-state index in [1.54, 1.807) is 0 Å². The third kappa shape index (κ3) is 3.39. The Kier molecular flexibility index (Phi) is 5.42. The van der Waals surface area contributed by atoms with Gasteiger partial charge in [0.25, 0.3) is 0 Å². The van der Waals surface area contributed by atoms with Crippen molar-refractivity contribution in [2.24, 2.45) is 5.92 Å². The van der Waals surface area contributed by atoms with Gasteiger partial charge in [-0.25, -0.2) is 0 Å². The molecule has 0 heterocycles. The van der Waals surface area contributed by atoms with Crippen LogP contribution in [0.15, 0.2) is 6.07 Å². The van der Waals surface area contributed by atoms with Gasteiger partial charge in [-0.2, -0.15) is 0 Å². The number of hydrogen-bond acceptors (Lipinski definition) is 1. The Labute approximate surface area is 133 Å². The Morgan fingerprint density at radius 3 is 2.05 bits per heavy atom. The first kappa shape index (κ1) is 15.4. The van der Waals surface area contributed by atoms with Crippen molar-refractivity contribution in [3.63, 3.8) is 0 Å². The molecule has 0 bridgehead atoms. The van der Waals surface area contributed by atoms with Gasteiger partial charge < -0.3 is 0 Å². The van der Waals surface area contributed by atoms with Gasteiger partial charge in [0.1, 0.15) is 0 Å². The third-order valence-corrected chi connectivity index (χ3v) is 5.15. The van der Waals surface area contributed by atoms with Gasteiger partial charge in [-0.1, -0.05) is 72.1 Å². The molecule has 1 saturated carbocycles. The molecule has 1 aromatic rings. The van der Waals surface area contributed by atoms with Crippen LogP contribution >= 0.6 is 46.4 Å². The van der Waals surface area contributed by atoms with Gasteiger partial charge in [0.15, 0.2) is 5.78 Å². The summed E-state index contributed by atoms with van der Waals surface area (Å²) in [4.78, 5) is 12.6. The summed E-state index contributed by atoms with van der Waals surface area (Å²) >= 11 is 24.1. The number of carbonyl (C=O) groups is 1. The van der Waals surface area contributed by atoms with Crippen molar-refractivity contribution in [2.45, 2.75) is 38.5 Å². The number of hydrogen-bond donors (Lipinski definition) is 0. The summed E-state index contributed by atoms with van der Waals surface area (Å²) in [5, 5.41) is 0.931. The van der Waals surface area contributed by atoms with Crippen LogP contribution in [0.5, 0.6) is 0 Å². The van der Waals surface area contributed by atoms with Crippen molar-refractivity contribution in [1.29, 1.82) is 0 Å². The summed E-state index contributed by atoms with van der Waals surface area (Å²) in [6.45, 7) is 0. The number of rotatable bonds is 2. The van der Waals surface area contributed by atoms with Crippen LogP contribution in [0.3, 0.4) is 0 Å². The van der Waals surface area contributed by atoms with Crippen molar-refractivity contribution in [1.82, 2.24) is 0 Å². The summed E-state index contributed by atoms with van der Waals surface area (Å²) in [5.74, 6) is -0.00907. The minimum Gasteiger partial charge on any atom is -0.294 e. The van der Waals surface area contributed by atoms with Crippen molar-refractivity contribution in [3.05, 3.63) is 31.7 Å². The Hall–Kier alpha value is 0.0500.